The summed E-state index contributed by atoms with van der Waals surface area (Å²) in [5, 5.41) is 7.05. The van der Waals surface area contributed by atoms with E-state index in [4.69, 9.17) is 0 Å². The molecule has 0 aromatic carbocycles. The number of unbranched alkanes of at least 4 members (excludes halogenated alkanes) is 2. The topological polar surface area (TPSA) is 42.9 Å². The molecule has 0 saturated carbocycles. The van der Waals surface area contributed by atoms with E-state index in [0.29, 0.717) is 6.04 Å². The fourth-order valence-electron chi connectivity index (χ4n) is 2.98. The smallest absolute Gasteiger partial charge is 0.191 e. The first-order valence-corrected chi connectivity index (χ1v) is 9.57. The zero-order valence-corrected chi connectivity index (χ0v) is 15.9. The molecule has 1 fully saturated rings. The Morgan fingerprint density at radius 2 is 1.83 bits per heavy atom. The van der Waals surface area contributed by atoms with Crippen molar-refractivity contribution in [2.24, 2.45) is 4.99 Å². The van der Waals surface area contributed by atoms with Crippen LogP contribution in [-0.4, -0.2) is 75.2 Å². The number of aliphatic imine (C=N–C) groups is 1. The van der Waals surface area contributed by atoms with Crippen molar-refractivity contribution < 1.29 is 0 Å². The Hall–Kier alpha value is -0.810. The van der Waals surface area contributed by atoms with Crippen LogP contribution in [0.25, 0.3) is 0 Å². The molecule has 0 spiro atoms. The number of hydrogen-bond donors (Lipinski definition) is 2. The number of guanidine groups is 1. The van der Waals surface area contributed by atoms with Crippen molar-refractivity contribution in [2.45, 2.75) is 58.4 Å². The Balaban J connectivity index is 2.17. The van der Waals surface area contributed by atoms with Crippen LogP contribution in [0.15, 0.2) is 4.99 Å². The second kappa shape index (κ2) is 12.6. The lowest BCUT2D eigenvalue weighted by molar-refractivity contribution is 0.203. The van der Waals surface area contributed by atoms with Crippen LogP contribution in [0, 0.1) is 0 Å². The summed E-state index contributed by atoms with van der Waals surface area (Å²) in [4.78, 5) is 9.35. The van der Waals surface area contributed by atoms with Crippen LogP contribution in [0.5, 0.6) is 0 Å². The van der Waals surface area contributed by atoms with Crippen molar-refractivity contribution in [1.29, 1.82) is 0 Å². The van der Waals surface area contributed by atoms with Gasteiger partial charge in [0.1, 0.15) is 0 Å². The molecule has 0 atom stereocenters. The molecule has 2 N–H and O–H groups in total. The number of likely N-dealkylation sites (N-methyl/N-ethyl adjacent to an activating group) is 1. The fourth-order valence-corrected chi connectivity index (χ4v) is 2.98. The largest absolute Gasteiger partial charge is 0.355 e. The standard InChI is InChI=1S/C18H39N5/c1-5-7-12-22(4)16-11-20-18(19-3)21-17-9-14-23(15-10-17)13-8-6-2/h17H,5-16H2,1-4H3,(H2,19,20,21). The molecule has 5 nitrogen and oxygen atoms in total. The first-order chi connectivity index (χ1) is 11.2. The van der Waals surface area contributed by atoms with Gasteiger partial charge in [-0.15, -0.1) is 0 Å². The van der Waals surface area contributed by atoms with Crippen LogP contribution >= 0.6 is 0 Å². The average molecular weight is 326 g/mol. The van der Waals surface area contributed by atoms with Crippen LogP contribution in [0.2, 0.25) is 0 Å². The Labute approximate surface area is 143 Å². The highest BCUT2D eigenvalue weighted by molar-refractivity contribution is 5.79. The normalized spacial score (nSPS) is 17.7. The first kappa shape index (κ1) is 20.2. The maximum absolute atomic E-state index is 4.37. The maximum atomic E-state index is 4.37. The zero-order chi connectivity index (χ0) is 16.9. The summed E-state index contributed by atoms with van der Waals surface area (Å²) in [6.45, 7) is 11.4. The van der Waals surface area contributed by atoms with Gasteiger partial charge in [-0.1, -0.05) is 26.7 Å². The molecule has 1 aliphatic heterocycles. The first-order valence-electron chi connectivity index (χ1n) is 9.57. The predicted molar refractivity (Wildman–Crippen MR) is 101 cm³/mol. The third-order valence-corrected chi connectivity index (χ3v) is 4.66. The average Bonchev–Trinajstić information content (AvgIpc) is 2.58. The summed E-state index contributed by atoms with van der Waals surface area (Å²) in [5.74, 6) is 0.959. The van der Waals surface area contributed by atoms with Crippen LogP contribution in [0.4, 0.5) is 0 Å². The summed E-state index contributed by atoms with van der Waals surface area (Å²) < 4.78 is 0. The molecule has 1 aliphatic rings. The van der Waals surface area contributed by atoms with Crippen molar-refractivity contribution in [3.05, 3.63) is 0 Å². The fraction of sp³-hybridized carbons (Fsp3) is 0.944. The molecule has 1 heterocycles. The second-order valence-electron chi connectivity index (χ2n) is 6.77. The van der Waals surface area contributed by atoms with E-state index in [-0.39, 0.29) is 0 Å². The summed E-state index contributed by atoms with van der Waals surface area (Å²) in [6, 6.07) is 0.567. The van der Waals surface area contributed by atoms with Gasteiger partial charge in [0.2, 0.25) is 0 Å². The number of likely N-dealkylation sites (tertiary alicyclic amines) is 1. The summed E-state index contributed by atoms with van der Waals surface area (Å²) in [7, 11) is 4.06. The van der Waals surface area contributed by atoms with Gasteiger partial charge in [-0.2, -0.15) is 0 Å². The van der Waals surface area contributed by atoms with Gasteiger partial charge >= 0.3 is 0 Å². The molecule has 0 bridgehead atoms. The van der Waals surface area contributed by atoms with Crippen molar-refractivity contribution in [3.63, 3.8) is 0 Å². The van der Waals surface area contributed by atoms with Crippen molar-refractivity contribution >= 4 is 5.96 Å². The summed E-state index contributed by atoms with van der Waals surface area (Å²) in [6.07, 6.45) is 7.61. The van der Waals surface area contributed by atoms with Crippen LogP contribution < -0.4 is 10.6 Å². The number of rotatable bonds is 10. The predicted octanol–water partition coefficient (Wildman–Crippen LogP) is 2.15. The third-order valence-electron chi connectivity index (χ3n) is 4.66. The molecule has 23 heavy (non-hydrogen) atoms. The van der Waals surface area contributed by atoms with Crippen molar-refractivity contribution in [2.75, 3.05) is 53.4 Å². The van der Waals surface area contributed by atoms with Crippen molar-refractivity contribution in [1.82, 2.24) is 20.4 Å². The number of hydrogen-bond acceptors (Lipinski definition) is 3. The summed E-state index contributed by atoms with van der Waals surface area (Å²) >= 11 is 0. The number of piperidine rings is 1. The van der Waals surface area contributed by atoms with Gasteiger partial charge in [0.25, 0.3) is 0 Å². The van der Waals surface area contributed by atoms with E-state index in [1.807, 2.05) is 7.05 Å². The quantitative estimate of drug-likeness (QED) is 0.477. The molecule has 1 rings (SSSR count). The molecular formula is C18H39N5. The monoisotopic (exact) mass is 325 g/mol. The molecule has 0 aliphatic carbocycles. The lowest BCUT2D eigenvalue weighted by atomic mass is 10.0. The second-order valence-corrected chi connectivity index (χ2v) is 6.77. The maximum Gasteiger partial charge on any atom is 0.191 e. The van der Waals surface area contributed by atoms with E-state index in [0.717, 1.165) is 19.0 Å². The lowest BCUT2D eigenvalue weighted by Crippen LogP contribution is -2.49. The van der Waals surface area contributed by atoms with E-state index in [2.05, 4.69) is 46.3 Å². The Morgan fingerprint density at radius 1 is 1.13 bits per heavy atom. The third kappa shape index (κ3) is 9.16. The zero-order valence-electron chi connectivity index (χ0n) is 15.9. The van der Waals surface area contributed by atoms with Gasteiger partial charge in [-0.05, 0) is 45.8 Å². The van der Waals surface area contributed by atoms with Crippen molar-refractivity contribution in [3.8, 4) is 0 Å². The minimum Gasteiger partial charge on any atom is -0.355 e. The molecule has 1 saturated heterocycles. The van der Waals surface area contributed by atoms with E-state index in [1.54, 1.807) is 0 Å². The van der Waals surface area contributed by atoms with Crippen LogP contribution in [0.1, 0.15) is 52.4 Å². The van der Waals surface area contributed by atoms with E-state index in [1.165, 1.54) is 64.7 Å². The van der Waals surface area contributed by atoms with E-state index >= 15 is 0 Å². The highest BCUT2D eigenvalue weighted by Crippen LogP contribution is 2.10. The summed E-state index contributed by atoms with van der Waals surface area (Å²) in [5.41, 5.74) is 0. The molecule has 5 heteroatoms. The minimum atomic E-state index is 0.567. The SMILES string of the molecule is CCCCN(C)CCNC(=NC)NC1CCN(CCCC)CC1. The molecule has 0 unspecified atom stereocenters. The Bertz CT molecular complexity index is 311. The van der Waals surface area contributed by atoms with Gasteiger partial charge < -0.3 is 20.4 Å². The molecular weight excluding hydrogens is 286 g/mol. The molecule has 0 amide bonds. The highest BCUT2D eigenvalue weighted by Gasteiger charge is 2.19. The minimum absolute atomic E-state index is 0.567. The van der Waals surface area contributed by atoms with Gasteiger partial charge in [-0.25, -0.2) is 0 Å². The van der Waals surface area contributed by atoms with Gasteiger partial charge in [0.15, 0.2) is 5.96 Å². The Morgan fingerprint density at radius 3 is 2.43 bits per heavy atom. The highest BCUT2D eigenvalue weighted by atomic mass is 15.2. The van der Waals surface area contributed by atoms with E-state index < -0.39 is 0 Å². The molecule has 0 radical (unpaired) electrons. The van der Waals surface area contributed by atoms with Crippen LogP contribution in [-0.2, 0) is 0 Å². The number of nitrogens with zero attached hydrogens (tertiary/aromatic N) is 3. The van der Waals surface area contributed by atoms with Gasteiger partial charge in [-0.3, -0.25) is 4.99 Å². The van der Waals surface area contributed by atoms with Crippen LogP contribution in [0.3, 0.4) is 0 Å². The van der Waals surface area contributed by atoms with E-state index in [9.17, 15) is 0 Å². The lowest BCUT2D eigenvalue weighted by Gasteiger charge is -2.33. The number of nitrogens with one attached hydrogen (secondary N) is 2. The van der Waals surface area contributed by atoms with Gasteiger partial charge in [0, 0.05) is 39.3 Å². The molecule has 0 aromatic heterocycles. The molecule has 0 aromatic rings. The molecule has 136 valence electrons. The Kier molecular flexibility index (Phi) is 11.1. The van der Waals surface area contributed by atoms with Gasteiger partial charge in [0.05, 0.1) is 0 Å².